The number of fused-ring (bicyclic) bond motifs is 1. The zero-order valence-corrected chi connectivity index (χ0v) is 16.6. The third-order valence-corrected chi connectivity index (χ3v) is 5.39. The maximum atomic E-state index is 13.2. The summed E-state index contributed by atoms with van der Waals surface area (Å²) in [5.41, 5.74) is 2.84. The zero-order valence-electron chi connectivity index (χ0n) is 16.6. The minimum absolute atomic E-state index is 0.123. The Labute approximate surface area is 170 Å². The number of nitrogens with one attached hydrogen (secondary N) is 1. The number of para-hydroxylation sites is 1. The summed E-state index contributed by atoms with van der Waals surface area (Å²) in [6.07, 6.45) is 6.94. The molecule has 0 aliphatic carbocycles. The van der Waals surface area contributed by atoms with Crippen LogP contribution in [0.5, 0.6) is 0 Å². The van der Waals surface area contributed by atoms with Gasteiger partial charge < -0.3 is 14.8 Å². The van der Waals surface area contributed by atoms with E-state index < -0.39 is 0 Å². The fourth-order valence-electron chi connectivity index (χ4n) is 3.85. The number of hydrogen-bond acceptors (Lipinski definition) is 2. The summed E-state index contributed by atoms with van der Waals surface area (Å²) in [5.74, 6) is -0.399. The molecule has 2 aromatic carbocycles. The first-order valence-electron chi connectivity index (χ1n) is 10.0. The van der Waals surface area contributed by atoms with E-state index in [2.05, 4.69) is 5.32 Å². The number of hydrogen-bond donors (Lipinski definition) is 1. The van der Waals surface area contributed by atoms with Gasteiger partial charge in [-0.05, 0) is 43.5 Å². The molecule has 1 aromatic heterocycles. The number of aromatic nitrogens is 1. The van der Waals surface area contributed by atoms with E-state index >= 15 is 0 Å². The molecule has 3 aromatic rings. The van der Waals surface area contributed by atoms with Gasteiger partial charge in [-0.15, -0.1) is 0 Å². The summed E-state index contributed by atoms with van der Waals surface area (Å²) >= 11 is 0. The van der Waals surface area contributed by atoms with Crippen LogP contribution in [0, 0.1) is 0 Å². The van der Waals surface area contributed by atoms with Gasteiger partial charge in [-0.3, -0.25) is 9.59 Å². The Balaban J connectivity index is 1.71. The molecule has 0 unspecified atom stereocenters. The largest absolute Gasteiger partial charge is 0.350 e. The summed E-state index contributed by atoms with van der Waals surface area (Å²) in [4.78, 5) is 27.9. The smallest absolute Gasteiger partial charge is 0.270 e. The number of carbonyl (C=O) groups excluding carboxylic acids is 2. The Morgan fingerprint density at radius 1 is 0.931 bits per heavy atom. The van der Waals surface area contributed by atoms with Crippen LogP contribution >= 0.6 is 0 Å². The van der Waals surface area contributed by atoms with Crippen molar-refractivity contribution >= 4 is 28.8 Å². The van der Waals surface area contributed by atoms with Crippen molar-refractivity contribution in [2.75, 3.05) is 13.1 Å². The topological polar surface area (TPSA) is 54.3 Å². The lowest BCUT2D eigenvalue weighted by Gasteiger charge is -2.27. The summed E-state index contributed by atoms with van der Waals surface area (Å²) in [6, 6.07) is 17.0. The lowest BCUT2D eigenvalue weighted by atomic mass is 10.1. The van der Waals surface area contributed by atoms with Crippen molar-refractivity contribution in [1.82, 2.24) is 14.8 Å². The molecule has 5 heteroatoms. The number of benzene rings is 2. The number of carbonyl (C=O) groups is 2. The number of aryl methyl sites for hydroxylation is 1. The highest BCUT2D eigenvalue weighted by Gasteiger charge is 2.23. The molecule has 1 N–H and O–H groups in total. The van der Waals surface area contributed by atoms with Gasteiger partial charge in [0.1, 0.15) is 5.70 Å². The lowest BCUT2D eigenvalue weighted by molar-refractivity contribution is -0.128. The third kappa shape index (κ3) is 4.09. The van der Waals surface area contributed by atoms with Crippen LogP contribution in [-0.4, -0.2) is 34.4 Å². The number of likely N-dealkylation sites (tertiary alicyclic amines) is 1. The van der Waals surface area contributed by atoms with E-state index in [9.17, 15) is 9.59 Å². The highest BCUT2D eigenvalue weighted by molar-refractivity contribution is 6.06. The third-order valence-electron chi connectivity index (χ3n) is 5.39. The summed E-state index contributed by atoms with van der Waals surface area (Å²) < 4.78 is 2.03. The van der Waals surface area contributed by atoms with Crippen LogP contribution in [0.25, 0.3) is 17.0 Å². The molecule has 1 aliphatic rings. The Bertz CT molecular complexity index is 1060. The zero-order chi connectivity index (χ0) is 20.2. The Kier molecular flexibility index (Phi) is 5.47. The molecule has 148 valence electrons. The van der Waals surface area contributed by atoms with Crippen LogP contribution in [0.2, 0.25) is 0 Å². The van der Waals surface area contributed by atoms with Crippen molar-refractivity contribution in [2.45, 2.75) is 19.3 Å². The maximum absolute atomic E-state index is 13.2. The van der Waals surface area contributed by atoms with Crippen LogP contribution in [0.4, 0.5) is 0 Å². The second kappa shape index (κ2) is 8.35. The summed E-state index contributed by atoms with van der Waals surface area (Å²) in [6.45, 7) is 1.46. The molecule has 0 spiro atoms. The van der Waals surface area contributed by atoms with E-state index in [4.69, 9.17) is 0 Å². The van der Waals surface area contributed by atoms with Gasteiger partial charge in [0.05, 0.1) is 0 Å². The molecule has 0 atom stereocenters. The fraction of sp³-hybridized carbons (Fsp3) is 0.250. The standard InChI is InChI=1S/C24H25N3O2/c1-26-17-19(20-12-6-7-13-22(20)26)16-21(24(29)27-14-8-3-9-15-27)25-23(28)18-10-4-2-5-11-18/h2,4-7,10-13,16-17H,3,8-9,14-15H2,1H3,(H,25,28). The molecule has 4 rings (SSSR count). The van der Waals surface area contributed by atoms with Crippen LogP contribution in [-0.2, 0) is 11.8 Å². The first-order valence-corrected chi connectivity index (χ1v) is 10.0. The molecule has 1 fully saturated rings. The van der Waals surface area contributed by atoms with Crippen molar-refractivity contribution in [3.63, 3.8) is 0 Å². The summed E-state index contributed by atoms with van der Waals surface area (Å²) in [5, 5.41) is 3.92. The number of piperidine rings is 1. The van der Waals surface area contributed by atoms with Crippen LogP contribution in [0.3, 0.4) is 0 Å². The van der Waals surface area contributed by atoms with Gasteiger partial charge in [-0.25, -0.2) is 0 Å². The van der Waals surface area contributed by atoms with Crippen LogP contribution < -0.4 is 5.32 Å². The van der Waals surface area contributed by atoms with Crippen molar-refractivity contribution in [3.8, 4) is 0 Å². The second-order valence-electron chi connectivity index (χ2n) is 7.44. The van der Waals surface area contributed by atoms with Gasteiger partial charge in [0.2, 0.25) is 0 Å². The number of rotatable bonds is 4. The predicted octanol–water partition coefficient (Wildman–Crippen LogP) is 3.96. The summed E-state index contributed by atoms with van der Waals surface area (Å²) in [7, 11) is 1.98. The molecule has 5 nitrogen and oxygen atoms in total. The van der Waals surface area contributed by atoms with Gasteiger partial charge in [-0.2, -0.15) is 0 Å². The van der Waals surface area contributed by atoms with E-state index in [1.807, 2.05) is 65.2 Å². The average Bonchev–Trinajstić information content (AvgIpc) is 3.09. The van der Waals surface area contributed by atoms with Gasteiger partial charge in [-0.1, -0.05) is 36.4 Å². The molecule has 29 heavy (non-hydrogen) atoms. The maximum Gasteiger partial charge on any atom is 0.270 e. The van der Waals surface area contributed by atoms with E-state index in [-0.39, 0.29) is 11.8 Å². The quantitative estimate of drug-likeness (QED) is 0.689. The van der Waals surface area contributed by atoms with Crippen molar-refractivity contribution in [3.05, 3.63) is 77.6 Å². The molecule has 0 radical (unpaired) electrons. The molecule has 1 aliphatic heterocycles. The fourth-order valence-corrected chi connectivity index (χ4v) is 3.85. The molecule has 2 heterocycles. The number of nitrogens with zero attached hydrogens (tertiary/aromatic N) is 2. The average molecular weight is 387 g/mol. The van der Waals surface area contributed by atoms with E-state index in [0.717, 1.165) is 48.8 Å². The van der Waals surface area contributed by atoms with Crippen molar-refractivity contribution in [1.29, 1.82) is 0 Å². The molecule has 0 bridgehead atoms. The van der Waals surface area contributed by atoms with Crippen molar-refractivity contribution < 1.29 is 9.59 Å². The minimum atomic E-state index is -0.276. The van der Waals surface area contributed by atoms with E-state index in [1.54, 1.807) is 18.2 Å². The van der Waals surface area contributed by atoms with E-state index in [0.29, 0.717) is 11.3 Å². The molecular formula is C24H25N3O2. The number of amides is 2. The minimum Gasteiger partial charge on any atom is -0.350 e. The highest BCUT2D eigenvalue weighted by Crippen LogP contribution is 2.23. The Hall–Kier alpha value is -3.34. The normalized spacial score (nSPS) is 14.8. The van der Waals surface area contributed by atoms with E-state index in [1.165, 1.54) is 0 Å². The van der Waals surface area contributed by atoms with Crippen molar-refractivity contribution in [2.24, 2.45) is 7.05 Å². The monoisotopic (exact) mass is 387 g/mol. The molecule has 0 saturated carbocycles. The van der Waals surface area contributed by atoms with Gasteiger partial charge in [0.15, 0.2) is 0 Å². The Morgan fingerprint density at radius 2 is 1.62 bits per heavy atom. The molecular weight excluding hydrogens is 362 g/mol. The first kappa shape index (κ1) is 19.0. The predicted molar refractivity (Wildman–Crippen MR) is 115 cm³/mol. The first-order chi connectivity index (χ1) is 14.1. The van der Waals surface area contributed by atoms with Gasteiger partial charge in [0, 0.05) is 48.4 Å². The van der Waals surface area contributed by atoms with Crippen LogP contribution in [0.15, 0.2) is 66.5 Å². The van der Waals surface area contributed by atoms with Gasteiger partial charge in [0.25, 0.3) is 11.8 Å². The highest BCUT2D eigenvalue weighted by atomic mass is 16.2. The van der Waals surface area contributed by atoms with Crippen LogP contribution in [0.1, 0.15) is 35.2 Å². The SMILES string of the molecule is Cn1cc(C=C(NC(=O)c2ccccc2)C(=O)N2CCCCC2)c2ccccc21. The molecule has 1 saturated heterocycles. The lowest BCUT2D eigenvalue weighted by Crippen LogP contribution is -2.41. The van der Waals surface area contributed by atoms with Gasteiger partial charge >= 0.3 is 0 Å². The second-order valence-corrected chi connectivity index (χ2v) is 7.44. The Morgan fingerprint density at radius 3 is 2.38 bits per heavy atom. The molecule has 2 amide bonds.